The monoisotopic (exact) mass is 475 g/mol. The first-order valence-corrected chi connectivity index (χ1v) is 11.4. The van der Waals surface area contributed by atoms with Crippen LogP contribution < -0.4 is 9.62 Å². The molecule has 3 heterocycles. The number of aromatic nitrogens is 2. The largest absolute Gasteiger partial charge is 0.417 e. The van der Waals surface area contributed by atoms with Gasteiger partial charge in [0.2, 0.25) is 15.9 Å². The normalized spacial score (nSPS) is 16.7. The third kappa shape index (κ3) is 5.21. The van der Waals surface area contributed by atoms with Crippen LogP contribution in [0.2, 0.25) is 0 Å². The standard InChI is InChI=1S/C19H24F3N5O4S/c1-12-17(14(3)31-24-12)32(29,30)25-13(2)18(28)27-8-4-7-26(9-10-27)16-6-5-15(11-23-16)19(20,21)22/h5-6,11,13,25H,4,7-10H2,1-3H3/t13-/m0/s1. The number of nitrogens with one attached hydrogen (secondary N) is 1. The highest BCUT2D eigenvalue weighted by molar-refractivity contribution is 7.89. The van der Waals surface area contributed by atoms with Gasteiger partial charge in [-0.25, -0.2) is 13.4 Å². The van der Waals surface area contributed by atoms with Crippen LogP contribution in [0.4, 0.5) is 19.0 Å². The molecular weight excluding hydrogens is 451 g/mol. The van der Waals surface area contributed by atoms with Crippen molar-refractivity contribution in [2.45, 2.75) is 44.3 Å². The first-order valence-electron chi connectivity index (χ1n) is 9.92. The predicted molar refractivity (Wildman–Crippen MR) is 108 cm³/mol. The summed E-state index contributed by atoms with van der Waals surface area (Å²) in [4.78, 5) is 20.0. The number of halogens is 3. The molecule has 0 bridgehead atoms. The number of carbonyl (C=O) groups is 1. The summed E-state index contributed by atoms with van der Waals surface area (Å²) in [7, 11) is -4.01. The summed E-state index contributed by atoms with van der Waals surface area (Å²) in [6, 6.07) is 1.26. The number of amides is 1. The molecule has 1 saturated heterocycles. The van der Waals surface area contributed by atoms with Crippen LogP contribution in [0.25, 0.3) is 0 Å². The van der Waals surface area contributed by atoms with Gasteiger partial charge < -0.3 is 14.3 Å². The molecule has 0 unspecified atom stereocenters. The summed E-state index contributed by atoms with van der Waals surface area (Å²) in [5.74, 6) is 0.117. The number of hydrogen-bond acceptors (Lipinski definition) is 7. The van der Waals surface area contributed by atoms with Gasteiger partial charge in [-0.1, -0.05) is 5.16 Å². The molecule has 0 saturated carbocycles. The zero-order chi connectivity index (χ0) is 23.7. The van der Waals surface area contributed by atoms with Crippen LogP contribution in [0, 0.1) is 13.8 Å². The summed E-state index contributed by atoms with van der Waals surface area (Å²) >= 11 is 0. The van der Waals surface area contributed by atoms with Crippen molar-refractivity contribution in [3.8, 4) is 0 Å². The molecule has 0 radical (unpaired) electrons. The Kier molecular flexibility index (Phi) is 6.79. The van der Waals surface area contributed by atoms with Crippen molar-refractivity contribution in [3.63, 3.8) is 0 Å². The maximum Gasteiger partial charge on any atom is 0.417 e. The van der Waals surface area contributed by atoms with E-state index in [1.54, 1.807) is 4.90 Å². The van der Waals surface area contributed by atoms with Gasteiger partial charge in [0.25, 0.3) is 0 Å². The highest BCUT2D eigenvalue weighted by atomic mass is 32.2. The summed E-state index contributed by atoms with van der Waals surface area (Å²) in [6.07, 6.45) is -3.12. The minimum atomic E-state index is -4.46. The van der Waals surface area contributed by atoms with Gasteiger partial charge in [-0.2, -0.15) is 17.9 Å². The minimum Gasteiger partial charge on any atom is -0.360 e. The van der Waals surface area contributed by atoms with Crippen molar-refractivity contribution in [3.05, 3.63) is 35.3 Å². The van der Waals surface area contributed by atoms with E-state index in [2.05, 4.69) is 14.9 Å². The molecule has 1 amide bonds. The molecule has 13 heteroatoms. The van der Waals surface area contributed by atoms with Crippen LogP contribution in [-0.2, 0) is 21.0 Å². The molecule has 2 aromatic heterocycles. The van der Waals surface area contributed by atoms with E-state index >= 15 is 0 Å². The molecular formula is C19H24F3N5O4S. The van der Waals surface area contributed by atoms with Gasteiger partial charge in [0.15, 0.2) is 5.76 Å². The summed E-state index contributed by atoms with van der Waals surface area (Å²) in [6.45, 7) is 5.94. The van der Waals surface area contributed by atoms with Gasteiger partial charge in [0, 0.05) is 32.4 Å². The molecule has 1 aliphatic heterocycles. The Bertz CT molecular complexity index is 1050. The highest BCUT2D eigenvalue weighted by Crippen LogP contribution is 2.29. The Balaban J connectivity index is 1.64. The second kappa shape index (κ2) is 9.06. The number of pyridine rings is 1. The molecule has 0 aliphatic carbocycles. The van der Waals surface area contributed by atoms with E-state index in [1.807, 2.05) is 0 Å². The number of aryl methyl sites for hydroxylation is 2. The van der Waals surface area contributed by atoms with Crippen LogP contribution >= 0.6 is 0 Å². The van der Waals surface area contributed by atoms with Crippen LogP contribution in [-0.4, -0.2) is 61.6 Å². The van der Waals surface area contributed by atoms with E-state index in [-0.39, 0.29) is 22.9 Å². The third-order valence-electron chi connectivity index (χ3n) is 5.15. The van der Waals surface area contributed by atoms with Gasteiger partial charge >= 0.3 is 6.18 Å². The van der Waals surface area contributed by atoms with Crippen molar-refractivity contribution in [2.75, 3.05) is 31.1 Å². The first-order chi connectivity index (χ1) is 14.9. The quantitative estimate of drug-likeness (QED) is 0.706. The molecule has 2 aromatic rings. The molecule has 1 atom stereocenters. The number of nitrogens with zero attached hydrogens (tertiary/aromatic N) is 4. The number of sulfonamides is 1. The number of alkyl halides is 3. The van der Waals surface area contributed by atoms with Crippen molar-refractivity contribution in [2.24, 2.45) is 0 Å². The Morgan fingerprint density at radius 2 is 1.91 bits per heavy atom. The van der Waals surface area contributed by atoms with E-state index in [4.69, 9.17) is 4.52 Å². The van der Waals surface area contributed by atoms with Gasteiger partial charge in [-0.05, 0) is 39.3 Å². The van der Waals surface area contributed by atoms with Gasteiger partial charge in [-0.15, -0.1) is 0 Å². The maximum absolute atomic E-state index is 12.9. The Morgan fingerprint density at radius 3 is 2.47 bits per heavy atom. The van der Waals surface area contributed by atoms with E-state index in [9.17, 15) is 26.4 Å². The van der Waals surface area contributed by atoms with Crippen LogP contribution in [0.3, 0.4) is 0 Å². The predicted octanol–water partition coefficient (Wildman–Crippen LogP) is 2.11. The lowest BCUT2D eigenvalue weighted by Crippen LogP contribution is -2.48. The lowest BCUT2D eigenvalue weighted by Gasteiger charge is -2.25. The fourth-order valence-corrected chi connectivity index (χ4v) is 5.11. The average molecular weight is 475 g/mol. The molecule has 0 spiro atoms. The molecule has 9 nitrogen and oxygen atoms in total. The van der Waals surface area contributed by atoms with Crippen molar-refractivity contribution < 1.29 is 30.9 Å². The van der Waals surface area contributed by atoms with Gasteiger partial charge in [0.05, 0.1) is 11.6 Å². The molecule has 1 N–H and O–H groups in total. The average Bonchev–Trinajstić information content (AvgIpc) is 2.91. The zero-order valence-electron chi connectivity index (χ0n) is 17.8. The van der Waals surface area contributed by atoms with Gasteiger partial charge in [0.1, 0.15) is 16.4 Å². The molecule has 176 valence electrons. The first kappa shape index (κ1) is 24.0. The van der Waals surface area contributed by atoms with E-state index in [1.165, 1.54) is 31.7 Å². The topological polar surface area (TPSA) is 109 Å². The maximum atomic E-state index is 12.9. The number of hydrogen-bond donors (Lipinski definition) is 1. The van der Waals surface area contributed by atoms with Crippen molar-refractivity contribution >= 4 is 21.7 Å². The Morgan fingerprint density at radius 1 is 1.19 bits per heavy atom. The van der Waals surface area contributed by atoms with E-state index < -0.39 is 33.7 Å². The van der Waals surface area contributed by atoms with Gasteiger partial charge in [-0.3, -0.25) is 4.79 Å². The second-order valence-corrected chi connectivity index (χ2v) is 9.22. The molecule has 3 rings (SSSR count). The summed E-state index contributed by atoms with van der Waals surface area (Å²) < 4.78 is 70.8. The third-order valence-corrected chi connectivity index (χ3v) is 6.93. The molecule has 0 aromatic carbocycles. The molecule has 32 heavy (non-hydrogen) atoms. The lowest BCUT2D eigenvalue weighted by atomic mass is 10.2. The zero-order valence-corrected chi connectivity index (χ0v) is 18.6. The lowest BCUT2D eigenvalue weighted by molar-refractivity contribution is -0.137. The molecule has 1 aliphatic rings. The summed E-state index contributed by atoms with van der Waals surface area (Å²) in [5.41, 5.74) is -0.628. The Labute approximate surface area is 183 Å². The smallest absolute Gasteiger partial charge is 0.360 e. The minimum absolute atomic E-state index is 0.0902. The van der Waals surface area contributed by atoms with E-state index in [0.717, 1.165) is 12.3 Å². The summed E-state index contributed by atoms with van der Waals surface area (Å²) in [5, 5.41) is 3.63. The van der Waals surface area contributed by atoms with Crippen LogP contribution in [0.15, 0.2) is 27.7 Å². The Hall–Kier alpha value is -2.67. The van der Waals surface area contributed by atoms with Crippen molar-refractivity contribution in [1.29, 1.82) is 0 Å². The number of rotatable bonds is 5. The molecule has 1 fully saturated rings. The fraction of sp³-hybridized carbons (Fsp3) is 0.526. The van der Waals surface area contributed by atoms with Crippen LogP contribution in [0.1, 0.15) is 30.4 Å². The SMILES string of the molecule is Cc1noc(C)c1S(=O)(=O)N[C@@H](C)C(=O)N1CCCN(c2ccc(C(F)(F)F)cn2)CC1. The highest BCUT2D eigenvalue weighted by Gasteiger charge is 2.32. The number of carbonyl (C=O) groups excluding carboxylic acids is 1. The second-order valence-electron chi connectivity index (χ2n) is 7.56. The van der Waals surface area contributed by atoms with Crippen LogP contribution in [0.5, 0.6) is 0 Å². The fourth-order valence-electron chi connectivity index (χ4n) is 3.58. The van der Waals surface area contributed by atoms with E-state index in [0.29, 0.717) is 31.9 Å². The van der Waals surface area contributed by atoms with Crippen molar-refractivity contribution in [1.82, 2.24) is 19.8 Å². The number of anilines is 1.